The molecule has 1 N–H and O–H groups in total. The van der Waals surface area contributed by atoms with Crippen molar-refractivity contribution in [1.82, 2.24) is 10.2 Å². The van der Waals surface area contributed by atoms with Gasteiger partial charge in [-0.3, -0.25) is 4.79 Å². The fourth-order valence-corrected chi connectivity index (χ4v) is 4.27. The zero-order valence-electron chi connectivity index (χ0n) is 15.1. The lowest BCUT2D eigenvalue weighted by atomic mass is 9.93. The summed E-state index contributed by atoms with van der Waals surface area (Å²) in [6, 6.07) is 9.20. The lowest BCUT2D eigenvalue weighted by Crippen LogP contribution is -2.39. The van der Waals surface area contributed by atoms with E-state index in [2.05, 4.69) is 17.4 Å². The minimum atomic E-state index is 0.197. The summed E-state index contributed by atoms with van der Waals surface area (Å²) >= 11 is 0. The van der Waals surface area contributed by atoms with Gasteiger partial charge in [0.2, 0.25) is 0 Å². The van der Waals surface area contributed by atoms with Gasteiger partial charge >= 0.3 is 0 Å². The van der Waals surface area contributed by atoms with E-state index >= 15 is 0 Å². The van der Waals surface area contributed by atoms with Crippen molar-refractivity contribution in [2.24, 2.45) is 0 Å². The van der Waals surface area contributed by atoms with E-state index in [9.17, 15) is 4.79 Å². The molecule has 1 amide bonds. The van der Waals surface area contributed by atoms with Crippen molar-refractivity contribution < 1.29 is 4.79 Å². The van der Waals surface area contributed by atoms with Crippen LogP contribution >= 0.6 is 0 Å². The standard InChI is InChI=1S/C21H32N2O/c1-23(19-13-6-3-7-14-19)21(24)20-15-9-8-10-17(20)16-22-18-11-4-2-5-12-18/h8-10,15,18-19,22H,2-7,11-14,16H2,1H3. The van der Waals surface area contributed by atoms with Crippen molar-refractivity contribution >= 4 is 5.91 Å². The van der Waals surface area contributed by atoms with Crippen LogP contribution < -0.4 is 5.32 Å². The Balaban J connectivity index is 1.64. The van der Waals surface area contributed by atoms with Crippen LogP contribution in [0.4, 0.5) is 0 Å². The molecule has 0 heterocycles. The summed E-state index contributed by atoms with van der Waals surface area (Å²) in [6.07, 6.45) is 12.7. The predicted octanol–water partition coefficient (Wildman–Crippen LogP) is 4.51. The first-order valence-corrected chi connectivity index (χ1v) is 9.84. The highest BCUT2D eigenvalue weighted by Gasteiger charge is 2.24. The molecule has 1 aromatic rings. The SMILES string of the molecule is CN(C(=O)c1ccccc1CNC1CCCCC1)C1CCCCC1. The predicted molar refractivity (Wildman–Crippen MR) is 99.1 cm³/mol. The van der Waals surface area contributed by atoms with Crippen molar-refractivity contribution in [3.8, 4) is 0 Å². The molecule has 3 nitrogen and oxygen atoms in total. The Hall–Kier alpha value is -1.35. The quantitative estimate of drug-likeness (QED) is 0.862. The third kappa shape index (κ3) is 4.38. The largest absolute Gasteiger partial charge is 0.339 e. The Morgan fingerprint density at radius 2 is 1.62 bits per heavy atom. The molecule has 0 spiro atoms. The number of carbonyl (C=O) groups is 1. The van der Waals surface area contributed by atoms with Gasteiger partial charge in [0, 0.05) is 31.2 Å². The number of rotatable bonds is 5. The molecule has 2 aliphatic carbocycles. The lowest BCUT2D eigenvalue weighted by molar-refractivity contribution is 0.0695. The summed E-state index contributed by atoms with van der Waals surface area (Å²) in [5.41, 5.74) is 2.03. The Labute approximate surface area is 146 Å². The van der Waals surface area contributed by atoms with E-state index in [0.717, 1.165) is 30.5 Å². The van der Waals surface area contributed by atoms with Crippen molar-refractivity contribution in [3.63, 3.8) is 0 Å². The van der Waals surface area contributed by atoms with Crippen LogP contribution in [-0.4, -0.2) is 29.9 Å². The molecule has 24 heavy (non-hydrogen) atoms. The summed E-state index contributed by atoms with van der Waals surface area (Å²) in [5.74, 6) is 0.197. The molecule has 2 aliphatic rings. The molecule has 2 saturated carbocycles. The van der Waals surface area contributed by atoms with Crippen LogP contribution in [0, 0.1) is 0 Å². The number of amides is 1. The number of nitrogens with zero attached hydrogens (tertiary/aromatic N) is 1. The van der Waals surface area contributed by atoms with E-state index in [1.165, 1.54) is 51.4 Å². The average Bonchev–Trinajstić information content (AvgIpc) is 2.67. The normalized spacial score (nSPS) is 20.0. The van der Waals surface area contributed by atoms with Gasteiger partial charge in [-0.15, -0.1) is 0 Å². The van der Waals surface area contributed by atoms with E-state index in [1.807, 2.05) is 24.1 Å². The zero-order valence-corrected chi connectivity index (χ0v) is 15.1. The van der Waals surface area contributed by atoms with Crippen LogP contribution in [0.3, 0.4) is 0 Å². The van der Waals surface area contributed by atoms with Gasteiger partial charge in [-0.25, -0.2) is 0 Å². The second kappa shape index (κ2) is 8.66. The van der Waals surface area contributed by atoms with Gasteiger partial charge in [-0.2, -0.15) is 0 Å². The van der Waals surface area contributed by atoms with E-state index in [1.54, 1.807) is 0 Å². The molecular formula is C21H32N2O. The highest BCUT2D eigenvalue weighted by molar-refractivity contribution is 5.95. The number of nitrogens with one attached hydrogen (secondary N) is 1. The maximum absolute atomic E-state index is 13.0. The fourth-order valence-electron chi connectivity index (χ4n) is 4.27. The van der Waals surface area contributed by atoms with Crippen LogP contribution in [0.1, 0.15) is 80.1 Å². The molecule has 3 heteroatoms. The first-order chi connectivity index (χ1) is 11.8. The third-order valence-electron chi connectivity index (χ3n) is 5.88. The number of hydrogen-bond acceptors (Lipinski definition) is 2. The average molecular weight is 329 g/mol. The molecule has 0 bridgehead atoms. The summed E-state index contributed by atoms with van der Waals surface area (Å²) in [7, 11) is 1.99. The Morgan fingerprint density at radius 1 is 1.00 bits per heavy atom. The van der Waals surface area contributed by atoms with Crippen LogP contribution in [0.25, 0.3) is 0 Å². The molecule has 3 rings (SSSR count). The van der Waals surface area contributed by atoms with Crippen molar-refractivity contribution in [3.05, 3.63) is 35.4 Å². The van der Waals surface area contributed by atoms with Gasteiger partial charge in [0.1, 0.15) is 0 Å². The van der Waals surface area contributed by atoms with Crippen LogP contribution in [0.5, 0.6) is 0 Å². The molecule has 1 aromatic carbocycles. The van der Waals surface area contributed by atoms with Crippen molar-refractivity contribution in [1.29, 1.82) is 0 Å². The third-order valence-corrected chi connectivity index (χ3v) is 5.88. The van der Waals surface area contributed by atoms with E-state index in [4.69, 9.17) is 0 Å². The van der Waals surface area contributed by atoms with Gasteiger partial charge in [-0.1, -0.05) is 56.7 Å². The van der Waals surface area contributed by atoms with Crippen LogP contribution in [0.15, 0.2) is 24.3 Å². The molecule has 0 radical (unpaired) electrons. The first kappa shape index (κ1) is 17.5. The van der Waals surface area contributed by atoms with Gasteiger partial charge in [0.25, 0.3) is 5.91 Å². The van der Waals surface area contributed by atoms with Gasteiger partial charge in [-0.05, 0) is 37.3 Å². The molecule has 2 fully saturated rings. The summed E-state index contributed by atoms with van der Waals surface area (Å²) < 4.78 is 0. The van der Waals surface area contributed by atoms with Gasteiger partial charge in [0.05, 0.1) is 0 Å². The molecule has 0 atom stereocenters. The van der Waals surface area contributed by atoms with Gasteiger partial charge in [0.15, 0.2) is 0 Å². The maximum atomic E-state index is 13.0. The second-order valence-corrected chi connectivity index (χ2v) is 7.58. The summed E-state index contributed by atoms with van der Waals surface area (Å²) in [4.78, 5) is 15.0. The minimum Gasteiger partial charge on any atom is -0.339 e. The van der Waals surface area contributed by atoms with E-state index in [-0.39, 0.29) is 5.91 Å². The zero-order chi connectivity index (χ0) is 16.8. The molecule has 132 valence electrons. The monoisotopic (exact) mass is 328 g/mol. The summed E-state index contributed by atoms with van der Waals surface area (Å²) in [5, 5.41) is 3.68. The maximum Gasteiger partial charge on any atom is 0.254 e. The smallest absolute Gasteiger partial charge is 0.254 e. The fraction of sp³-hybridized carbons (Fsp3) is 0.667. The van der Waals surface area contributed by atoms with Crippen molar-refractivity contribution in [2.75, 3.05) is 7.05 Å². The number of benzene rings is 1. The second-order valence-electron chi connectivity index (χ2n) is 7.58. The topological polar surface area (TPSA) is 32.3 Å². The lowest BCUT2D eigenvalue weighted by Gasteiger charge is -2.32. The summed E-state index contributed by atoms with van der Waals surface area (Å²) in [6.45, 7) is 0.811. The number of hydrogen-bond donors (Lipinski definition) is 1. The molecule has 0 unspecified atom stereocenters. The Morgan fingerprint density at radius 3 is 2.33 bits per heavy atom. The minimum absolute atomic E-state index is 0.197. The Bertz CT molecular complexity index is 530. The number of carbonyl (C=O) groups excluding carboxylic acids is 1. The van der Waals surface area contributed by atoms with Crippen LogP contribution in [0.2, 0.25) is 0 Å². The van der Waals surface area contributed by atoms with E-state index < -0.39 is 0 Å². The van der Waals surface area contributed by atoms with E-state index in [0.29, 0.717) is 12.1 Å². The highest BCUT2D eigenvalue weighted by atomic mass is 16.2. The first-order valence-electron chi connectivity index (χ1n) is 9.84. The Kier molecular flexibility index (Phi) is 6.30. The molecule has 0 saturated heterocycles. The molecular weight excluding hydrogens is 296 g/mol. The van der Waals surface area contributed by atoms with Gasteiger partial charge < -0.3 is 10.2 Å². The molecule has 0 aliphatic heterocycles. The van der Waals surface area contributed by atoms with Crippen molar-refractivity contribution in [2.45, 2.75) is 82.8 Å². The highest BCUT2D eigenvalue weighted by Crippen LogP contribution is 2.24. The molecule has 0 aromatic heterocycles. The van der Waals surface area contributed by atoms with Crippen LogP contribution in [-0.2, 0) is 6.54 Å².